The van der Waals surface area contributed by atoms with Crippen molar-refractivity contribution in [2.45, 2.75) is 26.8 Å². The molecular weight excluding hydrogens is 261 g/mol. The minimum absolute atomic E-state index is 0.290. The van der Waals surface area contributed by atoms with Gasteiger partial charge in [-0.05, 0) is 55.2 Å². The van der Waals surface area contributed by atoms with Crippen molar-refractivity contribution in [3.63, 3.8) is 0 Å². The fourth-order valence-corrected chi connectivity index (χ4v) is 2.43. The van der Waals surface area contributed by atoms with Gasteiger partial charge in [0, 0.05) is 10.6 Å². The van der Waals surface area contributed by atoms with E-state index in [0.29, 0.717) is 10.6 Å². The van der Waals surface area contributed by atoms with Crippen LogP contribution in [0.25, 0.3) is 0 Å². The van der Waals surface area contributed by atoms with Crippen LogP contribution in [0, 0.1) is 26.6 Å². The molecule has 2 N–H and O–H groups in total. The molecule has 0 bridgehead atoms. The lowest BCUT2D eigenvalue weighted by Crippen LogP contribution is -2.14. The molecule has 0 heterocycles. The van der Waals surface area contributed by atoms with Gasteiger partial charge in [-0.2, -0.15) is 0 Å². The highest BCUT2D eigenvalue weighted by Gasteiger charge is 2.17. The molecule has 19 heavy (non-hydrogen) atoms. The van der Waals surface area contributed by atoms with Crippen LogP contribution < -0.4 is 5.73 Å². The maximum absolute atomic E-state index is 14.0. The first-order chi connectivity index (χ1) is 8.90. The van der Waals surface area contributed by atoms with Crippen molar-refractivity contribution in [2.75, 3.05) is 0 Å². The lowest BCUT2D eigenvalue weighted by atomic mass is 9.95. The summed E-state index contributed by atoms with van der Waals surface area (Å²) >= 11 is 6.23. The Kier molecular flexibility index (Phi) is 3.93. The van der Waals surface area contributed by atoms with Crippen molar-refractivity contribution in [3.05, 3.63) is 69.0 Å². The van der Waals surface area contributed by atoms with Gasteiger partial charge in [-0.1, -0.05) is 29.8 Å². The first-order valence-corrected chi connectivity index (χ1v) is 6.56. The van der Waals surface area contributed by atoms with Crippen LogP contribution in [-0.4, -0.2) is 0 Å². The van der Waals surface area contributed by atoms with Gasteiger partial charge in [0.25, 0.3) is 0 Å². The van der Waals surface area contributed by atoms with Crippen molar-refractivity contribution < 1.29 is 4.39 Å². The number of rotatable bonds is 2. The summed E-state index contributed by atoms with van der Waals surface area (Å²) in [5.74, 6) is -0.290. The second-order valence-corrected chi connectivity index (χ2v) is 5.37. The van der Waals surface area contributed by atoms with Gasteiger partial charge in [0.05, 0.1) is 6.04 Å². The normalized spacial score (nSPS) is 12.5. The van der Waals surface area contributed by atoms with Crippen molar-refractivity contribution in [1.82, 2.24) is 0 Å². The van der Waals surface area contributed by atoms with Gasteiger partial charge in [0.15, 0.2) is 0 Å². The van der Waals surface area contributed by atoms with Gasteiger partial charge < -0.3 is 5.73 Å². The summed E-state index contributed by atoms with van der Waals surface area (Å²) in [6, 6.07) is 8.32. The smallest absolute Gasteiger partial charge is 0.128 e. The predicted octanol–water partition coefficient (Wildman–Crippen LogP) is 4.45. The van der Waals surface area contributed by atoms with E-state index in [1.54, 1.807) is 6.07 Å². The van der Waals surface area contributed by atoms with Crippen molar-refractivity contribution >= 4 is 11.6 Å². The Hall–Kier alpha value is -1.38. The van der Waals surface area contributed by atoms with Crippen LogP contribution in [0.15, 0.2) is 30.3 Å². The number of aryl methyl sites for hydroxylation is 3. The predicted molar refractivity (Wildman–Crippen MR) is 78.1 cm³/mol. The van der Waals surface area contributed by atoms with Crippen LogP contribution in [0.5, 0.6) is 0 Å². The highest BCUT2D eigenvalue weighted by molar-refractivity contribution is 6.31. The zero-order valence-corrected chi connectivity index (χ0v) is 12.1. The first kappa shape index (κ1) is 14.0. The zero-order valence-electron chi connectivity index (χ0n) is 11.3. The average molecular weight is 278 g/mol. The number of nitrogens with two attached hydrogens (primary N) is 1. The molecule has 1 nitrogen and oxygen atoms in total. The van der Waals surface area contributed by atoms with E-state index in [4.69, 9.17) is 17.3 Å². The van der Waals surface area contributed by atoms with Crippen molar-refractivity contribution in [1.29, 1.82) is 0 Å². The molecular formula is C16H17ClFN. The molecule has 2 aromatic rings. The highest BCUT2D eigenvalue weighted by Crippen LogP contribution is 2.30. The molecule has 3 heteroatoms. The third-order valence-corrected chi connectivity index (χ3v) is 3.77. The number of hydrogen-bond donors (Lipinski definition) is 1. The van der Waals surface area contributed by atoms with Crippen LogP contribution in [0.3, 0.4) is 0 Å². The van der Waals surface area contributed by atoms with Crippen LogP contribution in [0.2, 0.25) is 5.02 Å². The van der Waals surface area contributed by atoms with E-state index in [1.165, 1.54) is 6.07 Å². The van der Waals surface area contributed by atoms with E-state index in [9.17, 15) is 4.39 Å². The maximum atomic E-state index is 14.0. The summed E-state index contributed by atoms with van der Waals surface area (Å²) in [5.41, 5.74) is 10.5. The Balaban J connectivity index is 2.49. The minimum Gasteiger partial charge on any atom is -0.320 e. The van der Waals surface area contributed by atoms with Crippen LogP contribution in [-0.2, 0) is 0 Å². The lowest BCUT2D eigenvalue weighted by molar-refractivity contribution is 0.598. The van der Waals surface area contributed by atoms with E-state index in [1.807, 2.05) is 39.0 Å². The van der Waals surface area contributed by atoms with E-state index in [0.717, 1.165) is 22.3 Å². The second-order valence-electron chi connectivity index (χ2n) is 4.96. The minimum atomic E-state index is -0.549. The summed E-state index contributed by atoms with van der Waals surface area (Å²) in [5, 5.41) is 0.579. The SMILES string of the molecule is Cc1ccc(C(N)c2cc(C)c(C)cc2Cl)c(F)c1. The summed E-state index contributed by atoms with van der Waals surface area (Å²) in [6.45, 7) is 5.83. The fraction of sp³-hybridized carbons (Fsp3) is 0.250. The second kappa shape index (κ2) is 5.32. The molecule has 0 aliphatic carbocycles. The van der Waals surface area contributed by atoms with E-state index in [2.05, 4.69) is 0 Å². The summed E-state index contributed by atoms with van der Waals surface area (Å²) < 4.78 is 14.0. The van der Waals surface area contributed by atoms with E-state index >= 15 is 0 Å². The topological polar surface area (TPSA) is 26.0 Å². The fourth-order valence-electron chi connectivity index (χ4n) is 2.09. The largest absolute Gasteiger partial charge is 0.320 e. The Morgan fingerprint density at radius 3 is 2.26 bits per heavy atom. The molecule has 0 spiro atoms. The Morgan fingerprint density at radius 1 is 1.00 bits per heavy atom. The Labute approximate surface area is 118 Å². The van der Waals surface area contributed by atoms with E-state index < -0.39 is 6.04 Å². The van der Waals surface area contributed by atoms with Gasteiger partial charge in [-0.3, -0.25) is 0 Å². The number of hydrogen-bond acceptors (Lipinski definition) is 1. The van der Waals surface area contributed by atoms with Crippen LogP contribution in [0.4, 0.5) is 4.39 Å². The summed E-state index contributed by atoms with van der Waals surface area (Å²) in [4.78, 5) is 0. The van der Waals surface area contributed by atoms with Crippen molar-refractivity contribution in [3.8, 4) is 0 Å². The molecule has 0 aromatic heterocycles. The zero-order chi connectivity index (χ0) is 14.2. The Bertz CT molecular complexity index is 622. The van der Waals surface area contributed by atoms with Crippen LogP contribution >= 0.6 is 11.6 Å². The molecule has 0 aliphatic rings. The lowest BCUT2D eigenvalue weighted by Gasteiger charge is -2.17. The van der Waals surface area contributed by atoms with Crippen LogP contribution in [0.1, 0.15) is 33.9 Å². The summed E-state index contributed by atoms with van der Waals surface area (Å²) in [6.07, 6.45) is 0. The molecule has 0 saturated heterocycles. The molecule has 1 unspecified atom stereocenters. The summed E-state index contributed by atoms with van der Waals surface area (Å²) in [7, 11) is 0. The van der Waals surface area contributed by atoms with Gasteiger partial charge in [-0.15, -0.1) is 0 Å². The molecule has 0 fully saturated rings. The molecule has 2 aromatic carbocycles. The standard InChI is InChI=1S/C16H17ClFN/c1-9-4-5-12(15(18)6-9)16(19)13-7-10(2)11(3)8-14(13)17/h4-8,16H,19H2,1-3H3. The quantitative estimate of drug-likeness (QED) is 0.862. The molecule has 0 radical (unpaired) electrons. The van der Waals surface area contributed by atoms with Gasteiger partial charge in [-0.25, -0.2) is 4.39 Å². The number of benzene rings is 2. The van der Waals surface area contributed by atoms with Gasteiger partial charge in [0.2, 0.25) is 0 Å². The first-order valence-electron chi connectivity index (χ1n) is 6.18. The molecule has 0 aliphatic heterocycles. The average Bonchev–Trinajstić information content (AvgIpc) is 2.33. The monoisotopic (exact) mass is 277 g/mol. The third-order valence-electron chi connectivity index (χ3n) is 3.44. The van der Waals surface area contributed by atoms with E-state index in [-0.39, 0.29) is 5.82 Å². The third kappa shape index (κ3) is 2.80. The highest BCUT2D eigenvalue weighted by atomic mass is 35.5. The number of halogens is 2. The van der Waals surface area contributed by atoms with Crippen molar-refractivity contribution in [2.24, 2.45) is 5.73 Å². The molecule has 100 valence electrons. The molecule has 0 amide bonds. The van der Waals surface area contributed by atoms with Gasteiger partial charge in [0.1, 0.15) is 5.82 Å². The molecule has 2 rings (SSSR count). The Morgan fingerprint density at radius 2 is 1.63 bits per heavy atom. The maximum Gasteiger partial charge on any atom is 0.128 e. The van der Waals surface area contributed by atoms with Gasteiger partial charge >= 0.3 is 0 Å². The molecule has 0 saturated carbocycles. The molecule has 1 atom stereocenters.